The van der Waals surface area contributed by atoms with Crippen LogP contribution in [-0.4, -0.2) is 45.6 Å². The zero-order valence-electron chi connectivity index (χ0n) is 19.6. The smallest absolute Gasteiger partial charge is 0.393 e. The molecule has 0 rings (SSSR count). The molecule has 0 bridgehead atoms. The average molecular weight is 461 g/mol. The lowest BCUT2D eigenvalue weighted by Crippen LogP contribution is -2.34. The van der Waals surface area contributed by atoms with Gasteiger partial charge in [-0.2, -0.15) is 0 Å². The molecular weight excluding hydrogens is 419 g/mol. The number of aliphatic hydroxyl groups is 2. The Morgan fingerprint density at radius 2 is 1.29 bits per heavy atom. The van der Waals surface area contributed by atoms with Crippen LogP contribution in [0.5, 0.6) is 0 Å². The van der Waals surface area contributed by atoms with Gasteiger partial charge in [0.2, 0.25) is 0 Å². The second-order valence-corrected chi connectivity index (χ2v) is 9.29. The topological polar surface area (TPSA) is 116 Å². The van der Waals surface area contributed by atoms with Crippen molar-refractivity contribution in [2.24, 2.45) is 0 Å². The standard InChI is InChI=1S/C23H41O7P/c1-18(2)9-6-10-19(3)11-7-12-20(4)13-8-14-21(5)15-16-29-23(22(25)17-24)30-31(26,27)28/h9,11,13,15,22-25H,6-8,10,12,14,16-17H2,1-5H3,(H2,26,27,28)/b19-11+,20-13+,21-15+. The third kappa shape index (κ3) is 18.2. The van der Waals surface area contributed by atoms with Crippen molar-refractivity contribution in [2.45, 2.75) is 85.5 Å². The van der Waals surface area contributed by atoms with E-state index in [9.17, 15) is 9.67 Å². The number of hydrogen-bond acceptors (Lipinski definition) is 5. The van der Waals surface area contributed by atoms with Gasteiger partial charge < -0.3 is 24.7 Å². The van der Waals surface area contributed by atoms with Crippen LogP contribution in [0.3, 0.4) is 0 Å². The largest absolute Gasteiger partial charge is 0.472 e. The molecule has 0 fully saturated rings. The van der Waals surface area contributed by atoms with Crippen LogP contribution in [0, 0.1) is 0 Å². The van der Waals surface area contributed by atoms with Gasteiger partial charge in [0, 0.05) is 0 Å². The van der Waals surface area contributed by atoms with Gasteiger partial charge in [0.05, 0.1) is 13.2 Å². The van der Waals surface area contributed by atoms with Crippen molar-refractivity contribution in [1.82, 2.24) is 0 Å². The molecule has 0 spiro atoms. The summed E-state index contributed by atoms with van der Waals surface area (Å²) < 4.78 is 20.4. The van der Waals surface area contributed by atoms with Crippen LogP contribution in [0.1, 0.15) is 73.1 Å². The summed E-state index contributed by atoms with van der Waals surface area (Å²) >= 11 is 0. The van der Waals surface area contributed by atoms with E-state index in [4.69, 9.17) is 19.6 Å². The van der Waals surface area contributed by atoms with Gasteiger partial charge in [-0.25, -0.2) is 4.57 Å². The molecule has 4 N–H and O–H groups in total. The molecule has 0 aliphatic rings. The molecule has 0 aromatic heterocycles. The summed E-state index contributed by atoms with van der Waals surface area (Å²) in [6.07, 6.45) is 11.4. The van der Waals surface area contributed by atoms with E-state index in [0.29, 0.717) is 0 Å². The molecule has 0 aliphatic heterocycles. The summed E-state index contributed by atoms with van der Waals surface area (Å²) in [4.78, 5) is 17.7. The van der Waals surface area contributed by atoms with E-state index in [1.807, 2.05) is 6.92 Å². The Hall–Kier alpha value is -1.05. The Kier molecular flexibility index (Phi) is 16.0. The van der Waals surface area contributed by atoms with Crippen molar-refractivity contribution < 1.29 is 33.8 Å². The molecule has 0 aromatic carbocycles. The van der Waals surface area contributed by atoms with E-state index in [-0.39, 0.29) is 6.61 Å². The van der Waals surface area contributed by atoms with E-state index in [1.54, 1.807) is 6.08 Å². The van der Waals surface area contributed by atoms with Gasteiger partial charge in [0.25, 0.3) is 0 Å². The highest BCUT2D eigenvalue weighted by molar-refractivity contribution is 7.46. The molecule has 7 nitrogen and oxygen atoms in total. The average Bonchev–Trinajstić information content (AvgIpc) is 2.65. The first-order valence-corrected chi connectivity index (χ1v) is 12.2. The molecule has 0 aliphatic carbocycles. The van der Waals surface area contributed by atoms with Gasteiger partial charge in [-0.1, -0.05) is 46.6 Å². The van der Waals surface area contributed by atoms with Crippen LogP contribution >= 0.6 is 7.82 Å². The second-order valence-electron chi connectivity index (χ2n) is 8.10. The zero-order valence-corrected chi connectivity index (χ0v) is 20.5. The summed E-state index contributed by atoms with van der Waals surface area (Å²) in [7, 11) is -4.84. The number of ether oxygens (including phenoxy) is 1. The summed E-state index contributed by atoms with van der Waals surface area (Å²) in [6, 6.07) is 0. The maximum Gasteiger partial charge on any atom is 0.472 e. The van der Waals surface area contributed by atoms with Gasteiger partial charge in [0.1, 0.15) is 6.10 Å². The molecule has 2 unspecified atom stereocenters. The molecular formula is C23H41O7P. The molecule has 8 heteroatoms. The van der Waals surface area contributed by atoms with Crippen molar-refractivity contribution in [2.75, 3.05) is 13.2 Å². The second kappa shape index (κ2) is 16.6. The van der Waals surface area contributed by atoms with E-state index in [2.05, 4.69) is 50.4 Å². The lowest BCUT2D eigenvalue weighted by molar-refractivity contribution is -0.157. The first-order chi connectivity index (χ1) is 14.4. The van der Waals surface area contributed by atoms with Crippen molar-refractivity contribution in [3.05, 3.63) is 46.6 Å². The Labute approximate surface area is 187 Å². The van der Waals surface area contributed by atoms with Gasteiger partial charge >= 0.3 is 7.82 Å². The van der Waals surface area contributed by atoms with Crippen LogP contribution in [-0.2, 0) is 13.8 Å². The predicted molar refractivity (Wildman–Crippen MR) is 124 cm³/mol. The van der Waals surface area contributed by atoms with Gasteiger partial charge in [-0.15, -0.1) is 0 Å². The maximum absolute atomic E-state index is 10.9. The Balaban J connectivity index is 4.32. The normalized spacial score (nSPS) is 15.7. The molecule has 31 heavy (non-hydrogen) atoms. The fraction of sp³-hybridized carbons (Fsp3) is 0.652. The molecule has 0 amide bonds. The number of phosphoric ester groups is 1. The Morgan fingerprint density at radius 1 is 0.839 bits per heavy atom. The lowest BCUT2D eigenvalue weighted by Gasteiger charge is -2.21. The highest BCUT2D eigenvalue weighted by Gasteiger charge is 2.28. The van der Waals surface area contributed by atoms with Crippen LogP contribution < -0.4 is 0 Å². The first-order valence-electron chi connectivity index (χ1n) is 10.7. The van der Waals surface area contributed by atoms with Gasteiger partial charge in [-0.05, 0) is 73.1 Å². The third-order valence-electron chi connectivity index (χ3n) is 4.59. The molecule has 180 valence electrons. The molecule has 2 atom stereocenters. The van der Waals surface area contributed by atoms with Gasteiger partial charge in [0.15, 0.2) is 6.29 Å². The number of rotatable bonds is 16. The number of allylic oxidation sites excluding steroid dienone is 7. The molecule has 0 aromatic rings. The monoisotopic (exact) mass is 460 g/mol. The highest BCUT2D eigenvalue weighted by Crippen LogP contribution is 2.38. The minimum absolute atomic E-state index is 0.00702. The molecule has 0 radical (unpaired) electrons. The SMILES string of the molecule is CC(C)=CCC/C(C)=C/CC/C(C)=C/CC/C(C)=C/COC(OP(=O)(O)O)C(O)CO. The summed E-state index contributed by atoms with van der Waals surface area (Å²) in [6.45, 7) is 9.77. The summed E-state index contributed by atoms with van der Waals surface area (Å²) in [5.41, 5.74) is 5.18. The van der Waals surface area contributed by atoms with Crippen molar-refractivity contribution in [1.29, 1.82) is 0 Å². The van der Waals surface area contributed by atoms with Crippen LogP contribution in [0.2, 0.25) is 0 Å². The fourth-order valence-corrected chi connectivity index (χ4v) is 3.18. The van der Waals surface area contributed by atoms with Crippen molar-refractivity contribution >= 4 is 7.82 Å². The van der Waals surface area contributed by atoms with E-state index < -0.39 is 26.8 Å². The Morgan fingerprint density at radius 3 is 1.71 bits per heavy atom. The van der Waals surface area contributed by atoms with Crippen LogP contribution in [0.4, 0.5) is 0 Å². The highest BCUT2D eigenvalue weighted by atomic mass is 31.2. The molecule has 0 saturated heterocycles. The zero-order chi connectivity index (χ0) is 23.9. The van der Waals surface area contributed by atoms with Crippen molar-refractivity contribution in [3.8, 4) is 0 Å². The van der Waals surface area contributed by atoms with E-state index >= 15 is 0 Å². The summed E-state index contributed by atoms with van der Waals surface area (Å²) in [5.74, 6) is 0. The lowest BCUT2D eigenvalue weighted by atomic mass is 10.0. The van der Waals surface area contributed by atoms with E-state index in [1.165, 1.54) is 16.7 Å². The van der Waals surface area contributed by atoms with Crippen molar-refractivity contribution in [3.63, 3.8) is 0 Å². The number of hydrogen-bond donors (Lipinski definition) is 4. The fourth-order valence-electron chi connectivity index (χ4n) is 2.71. The van der Waals surface area contributed by atoms with E-state index in [0.717, 1.165) is 44.1 Å². The maximum atomic E-state index is 10.9. The molecule has 0 saturated carbocycles. The predicted octanol–water partition coefficient (Wildman–Crippen LogP) is 4.94. The quantitative estimate of drug-likeness (QED) is 0.146. The Bertz CT molecular complexity index is 669. The van der Waals surface area contributed by atoms with Crippen LogP contribution in [0.15, 0.2) is 46.6 Å². The first kappa shape index (κ1) is 29.9. The number of phosphoric acid groups is 1. The molecule has 0 heterocycles. The summed E-state index contributed by atoms with van der Waals surface area (Å²) in [5, 5.41) is 18.5. The minimum Gasteiger partial charge on any atom is -0.393 e. The van der Waals surface area contributed by atoms with Crippen LogP contribution in [0.25, 0.3) is 0 Å². The minimum atomic E-state index is -4.84. The number of aliphatic hydroxyl groups excluding tert-OH is 2. The van der Waals surface area contributed by atoms with Gasteiger partial charge in [-0.3, -0.25) is 4.52 Å². The third-order valence-corrected chi connectivity index (χ3v) is 5.07.